The van der Waals surface area contributed by atoms with E-state index in [0.29, 0.717) is 8.66 Å². The number of rotatable bonds is 5. The first-order chi connectivity index (χ1) is 8.12. The average Bonchev–Trinajstić information content (AvgIpc) is 2.52. The molecule has 3 nitrogen and oxygen atoms in total. The smallest absolute Gasteiger partial charge is 0.210 e. The first kappa shape index (κ1) is 16.3. The van der Waals surface area contributed by atoms with Crippen molar-refractivity contribution in [3.05, 3.63) is 14.7 Å². The van der Waals surface area contributed by atoms with Crippen LogP contribution in [0.15, 0.2) is 14.7 Å². The van der Waals surface area contributed by atoms with Gasteiger partial charge in [0.2, 0.25) is 10.0 Å². The standard InChI is InChI=1S/C8H9BrF3NO2S3/c1-5-6(4-7(9)17-5)18(14,15)13-2-3-16-8(10,11)12/h4,13H,2-3H2,1H3. The normalized spacial score (nSPS) is 12.9. The van der Waals surface area contributed by atoms with E-state index in [4.69, 9.17) is 0 Å². The van der Waals surface area contributed by atoms with Crippen LogP contribution < -0.4 is 4.72 Å². The maximum absolute atomic E-state index is 11.8. The van der Waals surface area contributed by atoms with Crippen LogP contribution in [0.1, 0.15) is 4.88 Å². The van der Waals surface area contributed by atoms with E-state index in [1.807, 2.05) is 0 Å². The average molecular weight is 384 g/mol. The summed E-state index contributed by atoms with van der Waals surface area (Å²) >= 11 is 4.15. The summed E-state index contributed by atoms with van der Waals surface area (Å²) < 4.78 is 61.9. The minimum atomic E-state index is -4.34. The van der Waals surface area contributed by atoms with Gasteiger partial charge in [-0.15, -0.1) is 11.3 Å². The van der Waals surface area contributed by atoms with Crippen molar-refractivity contribution in [2.24, 2.45) is 0 Å². The maximum Gasteiger partial charge on any atom is 0.441 e. The van der Waals surface area contributed by atoms with Crippen molar-refractivity contribution >= 4 is 49.1 Å². The number of sulfonamides is 1. The Balaban J connectivity index is 2.59. The van der Waals surface area contributed by atoms with Gasteiger partial charge in [0.05, 0.1) is 8.68 Å². The zero-order chi connectivity index (χ0) is 14.0. The van der Waals surface area contributed by atoms with Gasteiger partial charge in [0.15, 0.2) is 0 Å². The minimum absolute atomic E-state index is 0.0939. The van der Waals surface area contributed by atoms with E-state index in [1.165, 1.54) is 17.4 Å². The highest BCUT2D eigenvalue weighted by Crippen LogP contribution is 2.31. The van der Waals surface area contributed by atoms with Gasteiger partial charge in [-0.05, 0) is 40.7 Å². The molecule has 0 unspecified atom stereocenters. The molecule has 0 aromatic carbocycles. The van der Waals surface area contributed by atoms with Gasteiger partial charge >= 0.3 is 5.51 Å². The summed E-state index contributed by atoms with van der Waals surface area (Å²) in [6.45, 7) is 1.37. The molecule has 0 saturated carbocycles. The van der Waals surface area contributed by atoms with Crippen LogP contribution in [-0.4, -0.2) is 26.2 Å². The number of hydrogen-bond donors (Lipinski definition) is 1. The summed E-state index contributed by atoms with van der Waals surface area (Å²) in [7, 11) is -3.74. The highest BCUT2D eigenvalue weighted by atomic mass is 79.9. The van der Waals surface area contributed by atoms with Gasteiger partial charge in [-0.3, -0.25) is 0 Å². The Morgan fingerprint density at radius 3 is 2.56 bits per heavy atom. The number of thioether (sulfide) groups is 1. The lowest BCUT2D eigenvalue weighted by Crippen LogP contribution is -2.26. The van der Waals surface area contributed by atoms with Crippen molar-refractivity contribution in [2.45, 2.75) is 17.3 Å². The van der Waals surface area contributed by atoms with Gasteiger partial charge in [0, 0.05) is 17.2 Å². The van der Waals surface area contributed by atoms with Gasteiger partial charge in [0.25, 0.3) is 0 Å². The van der Waals surface area contributed by atoms with Crippen LogP contribution in [0, 0.1) is 6.92 Å². The van der Waals surface area contributed by atoms with E-state index in [1.54, 1.807) is 6.92 Å². The van der Waals surface area contributed by atoms with Crippen molar-refractivity contribution in [3.8, 4) is 0 Å². The fourth-order valence-corrected chi connectivity index (χ4v) is 5.13. The molecule has 0 saturated heterocycles. The fraction of sp³-hybridized carbons (Fsp3) is 0.500. The SMILES string of the molecule is Cc1sc(Br)cc1S(=O)(=O)NCCSC(F)(F)F. The Morgan fingerprint density at radius 2 is 2.11 bits per heavy atom. The van der Waals surface area contributed by atoms with Crippen LogP contribution in [0.5, 0.6) is 0 Å². The molecule has 0 aliphatic carbocycles. The van der Waals surface area contributed by atoms with Crippen LogP contribution in [0.3, 0.4) is 0 Å². The topological polar surface area (TPSA) is 46.2 Å². The molecule has 0 fully saturated rings. The lowest BCUT2D eigenvalue weighted by Gasteiger charge is -2.07. The van der Waals surface area contributed by atoms with Crippen molar-refractivity contribution in [3.63, 3.8) is 0 Å². The van der Waals surface area contributed by atoms with Crippen molar-refractivity contribution in [1.29, 1.82) is 0 Å². The molecule has 0 radical (unpaired) electrons. The Bertz CT molecular complexity index is 512. The summed E-state index contributed by atoms with van der Waals surface area (Å²) in [6.07, 6.45) is 0. The van der Waals surface area contributed by atoms with Gasteiger partial charge < -0.3 is 0 Å². The number of aryl methyl sites for hydroxylation is 1. The van der Waals surface area contributed by atoms with Crippen LogP contribution in [-0.2, 0) is 10.0 Å². The number of hydrogen-bond acceptors (Lipinski definition) is 4. The third-order valence-electron chi connectivity index (χ3n) is 1.79. The van der Waals surface area contributed by atoms with Crippen LogP contribution in [0.25, 0.3) is 0 Å². The maximum atomic E-state index is 11.8. The molecule has 1 rings (SSSR count). The van der Waals surface area contributed by atoms with Gasteiger partial charge in [-0.25, -0.2) is 13.1 Å². The Labute approximate surface area is 119 Å². The second-order valence-electron chi connectivity index (χ2n) is 3.16. The molecule has 0 bridgehead atoms. The van der Waals surface area contributed by atoms with Crippen LogP contribution >= 0.6 is 39.0 Å². The third-order valence-corrected chi connectivity index (χ3v) is 5.80. The number of thiophene rings is 1. The molecule has 0 aliphatic rings. The highest BCUT2D eigenvalue weighted by Gasteiger charge is 2.28. The van der Waals surface area contributed by atoms with Gasteiger partial charge in [-0.1, -0.05) is 0 Å². The molecule has 0 amide bonds. The van der Waals surface area contributed by atoms with Crippen molar-refractivity contribution in [1.82, 2.24) is 4.72 Å². The first-order valence-electron chi connectivity index (χ1n) is 4.58. The summed E-state index contributed by atoms with van der Waals surface area (Å²) in [6, 6.07) is 1.43. The molecule has 0 aliphatic heterocycles. The molecule has 10 heteroatoms. The molecule has 0 atom stereocenters. The zero-order valence-corrected chi connectivity index (χ0v) is 13.1. The molecule has 18 heavy (non-hydrogen) atoms. The van der Waals surface area contributed by atoms with Crippen molar-refractivity contribution in [2.75, 3.05) is 12.3 Å². The quantitative estimate of drug-likeness (QED) is 0.793. The number of halogens is 4. The molecule has 1 N–H and O–H groups in total. The lowest BCUT2D eigenvalue weighted by molar-refractivity contribution is -0.0327. The molecular formula is C8H9BrF3NO2S3. The molecule has 104 valence electrons. The summed E-state index contributed by atoms with van der Waals surface area (Å²) in [5, 5.41) is 0. The third kappa shape index (κ3) is 5.08. The molecule has 1 aromatic heterocycles. The predicted molar refractivity (Wildman–Crippen MR) is 70.5 cm³/mol. The van der Waals surface area contributed by atoms with Crippen molar-refractivity contribution < 1.29 is 21.6 Å². The van der Waals surface area contributed by atoms with E-state index in [2.05, 4.69) is 20.7 Å². The first-order valence-corrected chi connectivity index (χ1v) is 8.66. The number of nitrogens with one attached hydrogen (secondary N) is 1. The monoisotopic (exact) mass is 383 g/mol. The molecule has 0 spiro atoms. The predicted octanol–water partition coefficient (Wildman–Crippen LogP) is 3.35. The highest BCUT2D eigenvalue weighted by molar-refractivity contribution is 9.11. The van der Waals surface area contributed by atoms with Crippen LogP contribution in [0.2, 0.25) is 0 Å². The largest absolute Gasteiger partial charge is 0.441 e. The summed E-state index contributed by atoms with van der Waals surface area (Å²) in [4.78, 5) is 0.675. The Kier molecular flexibility index (Phi) is 5.54. The van der Waals surface area contributed by atoms with Crippen LogP contribution in [0.4, 0.5) is 13.2 Å². The van der Waals surface area contributed by atoms with E-state index in [0.717, 1.165) is 0 Å². The van der Waals surface area contributed by atoms with E-state index in [9.17, 15) is 21.6 Å². The van der Waals surface area contributed by atoms with Gasteiger partial charge in [-0.2, -0.15) is 13.2 Å². The van der Waals surface area contributed by atoms with E-state index < -0.39 is 15.5 Å². The van der Waals surface area contributed by atoms with Gasteiger partial charge in [0.1, 0.15) is 0 Å². The lowest BCUT2D eigenvalue weighted by atomic mass is 10.5. The van der Waals surface area contributed by atoms with E-state index in [-0.39, 0.29) is 29.0 Å². The Morgan fingerprint density at radius 1 is 1.50 bits per heavy atom. The fourth-order valence-electron chi connectivity index (χ4n) is 1.12. The second-order valence-corrected chi connectivity index (χ2v) is 8.69. The minimum Gasteiger partial charge on any atom is -0.210 e. The van der Waals surface area contributed by atoms with E-state index >= 15 is 0 Å². The second kappa shape index (κ2) is 6.12. The Hall–Kier alpha value is 0.230. The molecule has 1 heterocycles. The summed E-state index contributed by atoms with van der Waals surface area (Å²) in [5.41, 5.74) is -4.34. The number of alkyl halides is 3. The zero-order valence-electron chi connectivity index (χ0n) is 9.04. The summed E-state index contributed by atoms with van der Waals surface area (Å²) in [5.74, 6) is -0.354. The molecular weight excluding hydrogens is 375 g/mol. The molecule has 1 aromatic rings.